The van der Waals surface area contributed by atoms with Crippen molar-refractivity contribution in [3.8, 4) is 0 Å². The van der Waals surface area contributed by atoms with Gasteiger partial charge in [-0.05, 0) is 38.1 Å². The molecule has 2 N–H and O–H groups in total. The molecule has 0 bridgehead atoms. The lowest BCUT2D eigenvalue weighted by atomic mass is 10.2. The van der Waals surface area contributed by atoms with Crippen LogP contribution in [0.2, 0.25) is 0 Å². The standard InChI is InChI=1S/C14H18N4O3S/c1-10(2)18-9-13(8-16-18)22(20,21)17-12-6-4-11(5-7-12)14(19)15-3/h4-10,17H,1-3H3,(H,15,19). The maximum absolute atomic E-state index is 12.3. The van der Waals surface area contributed by atoms with Crippen molar-refractivity contribution in [1.29, 1.82) is 0 Å². The fraction of sp³-hybridized carbons (Fsp3) is 0.286. The topological polar surface area (TPSA) is 93.1 Å². The monoisotopic (exact) mass is 322 g/mol. The van der Waals surface area contributed by atoms with Crippen LogP contribution in [0, 0.1) is 0 Å². The van der Waals surface area contributed by atoms with E-state index in [9.17, 15) is 13.2 Å². The number of rotatable bonds is 5. The van der Waals surface area contributed by atoms with Crippen molar-refractivity contribution in [3.63, 3.8) is 0 Å². The number of anilines is 1. The molecule has 22 heavy (non-hydrogen) atoms. The van der Waals surface area contributed by atoms with Crippen molar-refractivity contribution in [1.82, 2.24) is 15.1 Å². The normalized spacial score (nSPS) is 11.5. The van der Waals surface area contributed by atoms with Crippen LogP contribution >= 0.6 is 0 Å². The molecule has 0 spiro atoms. The van der Waals surface area contributed by atoms with Gasteiger partial charge in [0, 0.05) is 30.5 Å². The third kappa shape index (κ3) is 3.45. The van der Waals surface area contributed by atoms with Gasteiger partial charge in [0.15, 0.2) is 0 Å². The van der Waals surface area contributed by atoms with Gasteiger partial charge in [0.25, 0.3) is 15.9 Å². The number of hydrogen-bond acceptors (Lipinski definition) is 4. The molecule has 2 rings (SSSR count). The number of benzene rings is 1. The summed E-state index contributed by atoms with van der Waals surface area (Å²) in [6, 6.07) is 6.25. The molecule has 1 aromatic heterocycles. The first-order chi connectivity index (χ1) is 10.3. The van der Waals surface area contributed by atoms with Crippen LogP contribution in [-0.4, -0.2) is 31.2 Å². The molecule has 7 nitrogen and oxygen atoms in total. The lowest BCUT2D eigenvalue weighted by molar-refractivity contribution is 0.0963. The zero-order chi connectivity index (χ0) is 16.3. The van der Waals surface area contributed by atoms with Gasteiger partial charge in [0.2, 0.25) is 0 Å². The molecule has 118 valence electrons. The fourth-order valence-corrected chi connectivity index (χ4v) is 2.79. The molecule has 1 aromatic carbocycles. The number of nitrogens with one attached hydrogen (secondary N) is 2. The predicted octanol–water partition coefficient (Wildman–Crippen LogP) is 1.62. The Labute approximate surface area is 129 Å². The summed E-state index contributed by atoms with van der Waals surface area (Å²) >= 11 is 0. The molecular formula is C14H18N4O3S. The zero-order valence-electron chi connectivity index (χ0n) is 12.6. The number of carbonyl (C=O) groups is 1. The molecule has 0 aliphatic heterocycles. The molecule has 0 unspecified atom stereocenters. The van der Waals surface area contributed by atoms with Crippen LogP contribution in [0.1, 0.15) is 30.2 Å². The number of amides is 1. The molecule has 0 atom stereocenters. The third-order valence-corrected chi connectivity index (χ3v) is 4.38. The Hall–Kier alpha value is -2.35. The summed E-state index contributed by atoms with van der Waals surface area (Å²) in [5, 5.41) is 6.52. The highest BCUT2D eigenvalue weighted by Gasteiger charge is 2.17. The van der Waals surface area contributed by atoms with E-state index in [1.165, 1.54) is 31.6 Å². The van der Waals surface area contributed by atoms with Crippen molar-refractivity contribution < 1.29 is 13.2 Å². The minimum absolute atomic E-state index is 0.0794. The summed E-state index contributed by atoms with van der Waals surface area (Å²) in [5.74, 6) is -0.229. The summed E-state index contributed by atoms with van der Waals surface area (Å²) in [6.45, 7) is 3.82. The van der Waals surface area contributed by atoms with Crippen LogP contribution in [0.5, 0.6) is 0 Å². The SMILES string of the molecule is CNC(=O)c1ccc(NS(=O)(=O)c2cnn(C(C)C)c2)cc1. The summed E-state index contributed by atoms with van der Waals surface area (Å²) in [7, 11) is -2.17. The van der Waals surface area contributed by atoms with Crippen LogP contribution in [0.4, 0.5) is 5.69 Å². The molecule has 0 saturated carbocycles. The lowest BCUT2D eigenvalue weighted by Gasteiger charge is -2.07. The van der Waals surface area contributed by atoms with Gasteiger partial charge in [0.1, 0.15) is 4.90 Å². The zero-order valence-corrected chi connectivity index (χ0v) is 13.4. The average molecular weight is 322 g/mol. The highest BCUT2D eigenvalue weighted by Crippen LogP contribution is 2.17. The summed E-state index contributed by atoms with van der Waals surface area (Å²) in [6.07, 6.45) is 2.78. The van der Waals surface area contributed by atoms with E-state index in [0.29, 0.717) is 11.3 Å². The Morgan fingerprint density at radius 3 is 2.36 bits per heavy atom. The Morgan fingerprint density at radius 1 is 1.23 bits per heavy atom. The first kappa shape index (κ1) is 16.0. The fourth-order valence-electron chi connectivity index (χ4n) is 1.79. The van der Waals surface area contributed by atoms with E-state index in [4.69, 9.17) is 0 Å². The van der Waals surface area contributed by atoms with E-state index in [1.54, 1.807) is 16.8 Å². The second-order valence-corrected chi connectivity index (χ2v) is 6.69. The Balaban J connectivity index is 2.19. The number of carbonyl (C=O) groups excluding carboxylic acids is 1. The third-order valence-electron chi connectivity index (χ3n) is 3.04. The van der Waals surface area contributed by atoms with Crippen LogP contribution in [0.3, 0.4) is 0 Å². The highest BCUT2D eigenvalue weighted by atomic mass is 32.2. The van der Waals surface area contributed by atoms with Gasteiger partial charge < -0.3 is 5.32 Å². The van der Waals surface area contributed by atoms with Crippen LogP contribution < -0.4 is 10.0 Å². The first-order valence-corrected chi connectivity index (χ1v) is 8.21. The van der Waals surface area contributed by atoms with Crippen LogP contribution in [0.25, 0.3) is 0 Å². The molecule has 2 aromatic rings. The van der Waals surface area contributed by atoms with Crippen molar-refractivity contribution in [2.75, 3.05) is 11.8 Å². The van der Waals surface area contributed by atoms with E-state index >= 15 is 0 Å². The van der Waals surface area contributed by atoms with Gasteiger partial charge in [-0.1, -0.05) is 0 Å². The van der Waals surface area contributed by atoms with Gasteiger partial charge in [-0.3, -0.25) is 14.2 Å². The molecule has 0 aliphatic carbocycles. The Kier molecular flexibility index (Phi) is 4.51. The summed E-state index contributed by atoms with van der Waals surface area (Å²) < 4.78 is 28.6. The van der Waals surface area contributed by atoms with Crippen LogP contribution in [0.15, 0.2) is 41.6 Å². The molecule has 0 saturated heterocycles. The van der Waals surface area contributed by atoms with Crippen molar-refractivity contribution in [2.24, 2.45) is 0 Å². The molecule has 1 amide bonds. The maximum Gasteiger partial charge on any atom is 0.265 e. The van der Waals surface area contributed by atoms with Gasteiger partial charge in [-0.25, -0.2) is 8.42 Å². The van der Waals surface area contributed by atoms with Crippen LogP contribution in [-0.2, 0) is 10.0 Å². The second-order valence-electron chi connectivity index (χ2n) is 5.01. The molecule has 8 heteroatoms. The largest absolute Gasteiger partial charge is 0.355 e. The van der Waals surface area contributed by atoms with Gasteiger partial charge in [-0.15, -0.1) is 0 Å². The summed E-state index contributed by atoms with van der Waals surface area (Å²) in [5.41, 5.74) is 0.836. The number of aromatic nitrogens is 2. The minimum atomic E-state index is -3.70. The van der Waals surface area contributed by atoms with Crippen molar-refractivity contribution >= 4 is 21.6 Å². The Bertz CT molecular complexity index is 764. The average Bonchev–Trinajstić information content (AvgIpc) is 2.98. The lowest BCUT2D eigenvalue weighted by Crippen LogP contribution is -2.18. The Morgan fingerprint density at radius 2 is 1.86 bits per heavy atom. The van der Waals surface area contributed by atoms with Crippen molar-refractivity contribution in [2.45, 2.75) is 24.8 Å². The smallest absolute Gasteiger partial charge is 0.265 e. The van der Waals surface area contributed by atoms with E-state index < -0.39 is 10.0 Å². The minimum Gasteiger partial charge on any atom is -0.355 e. The molecule has 0 radical (unpaired) electrons. The van der Waals surface area contributed by atoms with Gasteiger partial charge in [0.05, 0.1) is 6.20 Å². The molecular weight excluding hydrogens is 304 g/mol. The molecule has 0 aliphatic rings. The van der Waals surface area contributed by atoms with Gasteiger partial charge >= 0.3 is 0 Å². The van der Waals surface area contributed by atoms with E-state index in [-0.39, 0.29) is 16.8 Å². The van der Waals surface area contributed by atoms with E-state index in [0.717, 1.165) is 0 Å². The predicted molar refractivity (Wildman–Crippen MR) is 83.3 cm³/mol. The first-order valence-electron chi connectivity index (χ1n) is 6.72. The van der Waals surface area contributed by atoms with E-state index in [1.807, 2.05) is 13.8 Å². The second kappa shape index (κ2) is 6.18. The summed E-state index contributed by atoms with van der Waals surface area (Å²) in [4.78, 5) is 11.5. The molecule has 0 fully saturated rings. The number of sulfonamides is 1. The highest BCUT2D eigenvalue weighted by molar-refractivity contribution is 7.92. The quantitative estimate of drug-likeness (QED) is 0.875. The maximum atomic E-state index is 12.3. The van der Waals surface area contributed by atoms with Crippen molar-refractivity contribution in [3.05, 3.63) is 42.2 Å². The number of hydrogen-bond donors (Lipinski definition) is 2. The van der Waals surface area contributed by atoms with E-state index in [2.05, 4.69) is 15.1 Å². The van der Waals surface area contributed by atoms with Gasteiger partial charge in [-0.2, -0.15) is 5.10 Å². The molecule has 1 heterocycles. The number of nitrogens with zero attached hydrogens (tertiary/aromatic N) is 2.